The van der Waals surface area contributed by atoms with E-state index in [1.807, 2.05) is 67.6 Å². The number of benzene rings is 2. The molecule has 3 rings (SSSR count). The van der Waals surface area contributed by atoms with E-state index in [2.05, 4.69) is 20.5 Å². The van der Waals surface area contributed by atoms with Crippen LogP contribution in [0.5, 0.6) is 5.75 Å². The molecule has 1 heterocycles. The highest BCUT2D eigenvalue weighted by Gasteiger charge is 2.12. The number of hydrogen-bond donors (Lipinski definition) is 0. The summed E-state index contributed by atoms with van der Waals surface area (Å²) in [4.78, 5) is 10.9. The molecule has 1 aromatic heterocycles. The maximum absolute atomic E-state index is 10.9. The predicted octanol–water partition coefficient (Wildman–Crippen LogP) is 3.99. The first-order valence-electron chi connectivity index (χ1n) is 8.48. The average molecular weight is 413 g/mol. The van der Waals surface area contributed by atoms with Gasteiger partial charge in [0.25, 0.3) is 0 Å². The van der Waals surface area contributed by atoms with Gasteiger partial charge in [-0.25, -0.2) is 0 Å². The summed E-state index contributed by atoms with van der Waals surface area (Å²) in [6.07, 6.45) is 0.396. The van der Waals surface area contributed by atoms with Gasteiger partial charge in [-0.2, -0.15) is 0 Å². The lowest BCUT2D eigenvalue weighted by Gasteiger charge is -2.15. The van der Waals surface area contributed by atoms with Crippen LogP contribution in [0.4, 0.5) is 0 Å². The fourth-order valence-electron chi connectivity index (χ4n) is 2.91. The number of carbonyl (C=O) groups excluding carboxylic acids is 1. The van der Waals surface area contributed by atoms with E-state index >= 15 is 0 Å². The quantitative estimate of drug-likeness (QED) is 0.589. The van der Waals surface area contributed by atoms with Crippen molar-refractivity contribution in [3.05, 3.63) is 70.8 Å². The number of carboxylic acid groups (broad SMARTS) is 1. The molecule has 0 unspecified atom stereocenters. The summed E-state index contributed by atoms with van der Waals surface area (Å²) in [5, 5.41) is 10.9. The number of ether oxygens (including phenoxy) is 1. The first-order valence-corrected chi connectivity index (χ1v) is 9.27. The van der Waals surface area contributed by atoms with E-state index in [1.54, 1.807) is 0 Å². The molecule has 0 aliphatic rings. The lowest BCUT2D eigenvalue weighted by molar-refractivity contribution is -0.305. The molecule has 0 amide bonds. The number of halogens is 1. The number of nitrogens with zero attached hydrogens (tertiary/aromatic N) is 1. The summed E-state index contributed by atoms with van der Waals surface area (Å²) in [7, 11) is 0. The minimum Gasteiger partial charge on any atom is -0.550 e. The summed E-state index contributed by atoms with van der Waals surface area (Å²) in [5.41, 5.74) is 3.96. The Kier molecular flexibility index (Phi) is 5.78. The van der Waals surface area contributed by atoms with Crippen LogP contribution in [-0.2, 0) is 11.2 Å². The van der Waals surface area contributed by atoms with Gasteiger partial charge in [-0.15, -0.1) is 0 Å². The molecule has 0 aliphatic heterocycles. The van der Waals surface area contributed by atoms with Crippen LogP contribution in [0.1, 0.15) is 19.0 Å². The number of hydrogen-bond acceptors (Lipinski definition) is 3. The number of aliphatic carboxylic acids is 1. The molecule has 0 atom stereocenters. The highest BCUT2D eigenvalue weighted by Crippen LogP contribution is 2.29. The molecule has 26 heavy (non-hydrogen) atoms. The number of carboxylic acids is 1. The van der Waals surface area contributed by atoms with Crippen molar-refractivity contribution in [2.75, 3.05) is 6.61 Å². The average Bonchev–Trinajstić information content (AvgIpc) is 3.05. The molecule has 0 N–H and O–H groups in total. The summed E-state index contributed by atoms with van der Waals surface area (Å²) in [6, 6.07) is 19.9. The summed E-state index contributed by atoms with van der Waals surface area (Å²) < 4.78 is 8.61. The molecule has 0 spiro atoms. The van der Waals surface area contributed by atoms with Gasteiger partial charge in [-0.05, 0) is 73.9 Å². The van der Waals surface area contributed by atoms with Crippen molar-refractivity contribution in [3.8, 4) is 22.7 Å². The lowest BCUT2D eigenvalue weighted by atomic mass is 10.1. The maximum Gasteiger partial charge on any atom is 0.119 e. The Balaban J connectivity index is 2.04. The van der Waals surface area contributed by atoms with Crippen molar-refractivity contribution in [3.63, 3.8) is 0 Å². The second-order valence-electron chi connectivity index (χ2n) is 5.85. The first-order chi connectivity index (χ1) is 12.6. The lowest BCUT2D eigenvalue weighted by Crippen LogP contribution is -2.22. The zero-order valence-corrected chi connectivity index (χ0v) is 16.0. The van der Waals surface area contributed by atoms with Gasteiger partial charge in [-0.3, -0.25) is 0 Å². The van der Waals surface area contributed by atoms with Gasteiger partial charge < -0.3 is 19.2 Å². The molecule has 0 aliphatic carbocycles. The number of aromatic nitrogens is 1. The Hall–Kier alpha value is -2.53. The highest BCUT2D eigenvalue weighted by atomic mass is 79.9. The molecule has 0 radical (unpaired) electrons. The Morgan fingerprint density at radius 2 is 1.73 bits per heavy atom. The van der Waals surface area contributed by atoms with Gasteiger partial charge in [0, 0.05) is 21.8 Å². The van der Waals surface area contributed by atoms with Crippen molar-refractivity contribution in [2.24, 2.45) is 0 Å². The Morgan fingerprint density at radius 3 is 2.35 bits per heavy atom. The Labute approximate surface area is 161 Å². The van der Waals surface area contributed by atoms with E-state index in [9.17, 15) is 9.90 Å². The SMILES string of the molecule is CCOc1ccc(-n2c(CCC(=O)[O-])ccc2-c2ccc(Br)cc2)cc1. The van der Waals surface area contributed by atoms with Gasteiger partial charge in [0.05, 0.1) is 12.3 Å². The van der Waals surface area contributed by atoms with Crippen molar-refractivity contribution in [2.45, 2.75) is 19.8 Å². The van der Waals surface area contributed by atoms with Crippen LogP contribution in [0.2, 0.25) is 0 Å². The van der Waals surface area contributed by atoms with E-state index in [1.165, 1.54) is 0 Å². The third-order valence-electron chi connectivity index (χ3n) is 4.09. The summed E-state index contributed by atoms with van der Waals surface area (Å²) in [6.45, 7) is 2.56. The van der Waals surface area contributed by atoms with Gasteiger partial charge in [0.15, 0.2) is 0 Å². The van der Waals surface area contributed by atoms with Crippen LogP contribution in [0.3, 0.4) is 0 Å². The standard InChI is InChI=1S/C21H20BrNO3/c1-2-26-19-11-7-17(8-12-19)23-18(10-14-21(24)25)9-13-20(23)15-3-5-16(22)6-4-15/h3-9,11-13H,2,10,14H2,1H3,(H,24,25)/p-1. The molecule has 3 aromatic rings. The number of carbonyl (C=O) groups is 1. The summed E-state index contributed by atoms with van der Waals surface area (Å²) in [5.74, 6) is -0.237. The number of aryl methyl sites for hydroxylation is 1. The van der Waals surface area contributed by atoms with Gasteiger partial charge in [-0.1, -0.05) is 28.1 Å². The third-order valence-corrected chi connectivity index (χ3v) is 4.62. The smallest absolute Gasteiger partial charge is 0.119 e. The van der Waals surface area contributed by atoms with Crippen LogP contribution in [0, 0.1) is 0 Å². The molecule has 4 nitrogen and oxygen atoms in total. The van der Waals surface area contributed by atoms with E-state index < -0.39 is 5.97 Å². The highest BCUT2D eigenvalue weighted by molar-refractivity contribution is 9.10. The first kappa shape index (κ1) is 18.3. The Bertz CT molecular complexity index is 883. The fraction of sp³-hybridized carbons (Fsp3) is 0.190. The molecule has 0 fully saturated rings. The van der Waals surface area contributed by atoms with Gasteiger partial charge >= 0.3 is 0 Å². The van der Waals surface area contributed by atoms with E-state index in [0.717, 1.165) is 32.9 Å². The topological polar surface area (TPSA) is 54.3 Å². The second kappa shape index (κ2) is 8.23. The monoisotopic (exact) mass is 412 g/mol. The Morgan fingerprint density at radius 1 is 1.04 bits per heavy atom. The van der Waals surface area contributed by atoms with Gasteiger partial charge in [0.1, 0.15) is 5.75 Å². The second-order valence-corrected chi connectivity index (χ2v) is 6.77. The third kappa shape index (κ3) is 4.17. The van der Waals surface area contributed by atoms with Crippen molar-refractivity contribution in [1.82, 2.24) is 4.57 Å². The fourth-order valence-corrected chi connectivity index (χ4v) is 3.18. The molecule has 2 aromatic carbocycles. The molecule has 0 bridgehead atoms. The van der Waals surface area contributed by atoms with Crippen LogP contribution in [0.15, 0.2) is 65.1 Å². The van der Waals surface area contributed by atoms with E-state index in [-0.39, 0.29) is 6.42 Å². The molecule has 0 saturated heterocycles. The largest absolute Gasteiger partial charge is 0.550 e. The van der Waals surface area contributed by atoms with Crippen LogP contribution >= 0.6 is 15.9 Å². The molecule has 134 valence electrons. The molecule has 5 heteroatoms. The zero-order chi connectivity index (χ0) is 18.5. The van der Waals surface area contributed by atoms with E-state index in [0.29, 0.717) is 13.0 Å². The molecular formula is C21H19BrNO3-. The molecular weight excluding hydrogens is 394 g/mol. The predicted molar refractivity (Wildman–Crippen MR) is 103 cm³/mol. The van der Waals surface area contributed by atoms with Crippen molar-refractivity contribution in [1.29, 1.82) is 0 Å². The van der Waals surface area contributed by atoms with Crippen molar-refractivity contribution >= 4 is 21.9 Å². The van der Waals surface area contributed by atoms with Crippen LogP contribution < -0.4 is 9.84 Å². The van der Waals surface area contributed by atoms with Crippen molar-refractivity contribution < 1.29 is 14.6 Å². The maximum atomic E-state index is 10.9. The molecule has 0 saturated carbocycles. The minimum absolute atomic E-state index is 0.0131. The number of rotatable bonds is 7. The minimum atomic E-state index is -1.05. The normalized spacial score (nSPS) is 10.7. The summed E-state index contributed by atoms with van der Waals surface area (Å²) >= 11 is 3.46. The van der Waals surface area contributed by atoms with Crippen LogP contribution in [0.25, 0.3) is 16.9 Å². The van der Waals surface area contributed by atoms with Crippen LogP contribution in [-0.4, -0.2) is 17.1 Å². The van der Waals surface area contributed by atoms with E-state index in [4.69, 9.17) is 4.74 Å². The van der Waals surface area contributed by atoms with Gasteiger partial charge in [0.2, 0.25) is 0 Å². The zero-order valence-electron chi connectivity index (χ0n) is 14.4.